The summed E-state index contributed by atoms with van der Waals surface area (Å²) in [7, 11) is 5.50. The van der Waals surface area contributed by atoms with Crippen molar-refractivity contribution in [2.45, 2.75) is 37.5 Å². The van der Waals surface area contributed by atoms with Crippen LogP contribution in [0.5, 0.6) is 5.75 Å². The second-order valence-electron chi connectivity index (χ2n) is 6.20. The first-order valence-electron chi connectivity index (χ1n) is 8.19. The predicted molar refractivity (Wildman–Crippen MR) is 96.6 cm³/mol. The van der Waals surface area contributed by atoms with Gasteiger partial charge < -0.3 is 15.0 Å². The monoisotopic (exact) mass is 340 g/mol. The van der Waals surface area contributed by atoms with Crippen LogP contribution in [-0.2, 0) is 10.2 Å². The number of methoxy groups -OCH3 is 1. The second-order valence-corrected chi connectivity index (χ2v) is 6.20. The first-order valence-corrected chi connectivity index (χ1v) is 8.19. The largest absolute Gasteiger partial charge is 0.497 e. The van der Waals surface area contributed by atoms with Gasteiger partial charge in [-0.25, -0.2) is 0 Å². The highest BCUT2D eigenvalue weighted by Gasteiger charge is 2.42. The van der Waals surface area contributed by atoms with E-state index in [1.807, 2.05) is 31.1 Å². The molecule has 0 aromatic heterocycles. The molecular weight excluding hydrogens is 312 g/mol. The standard InChI is InChI=1S/C18H28N2O2.ClH/c1-19-13-14-20(2)17(21)18(11-5-4-6-12-18)15-7-9-16(22-3)10-8-15;/h7-10,19H,4-6,11-14H2,1-3H3;1H. The van der Waals surface area contributed by atoms with E-state index in [4.69, 9.17) is 4.74 Å². The molecule has 1 aliphatic rings. The maximum absolute atomic E-state index is 13.1. The van der Waals surface area contributed by atoms with Crippen LogP contribution in [0, 0.1) is 0 Å². The van der Waals surface area contributed by atoms with Crippen LogP contribution in [0.3, 0.4) is 0 Å². The van der Waals surface area contributed by atoms with Gasteiger partial charge >= 0.3 is 0 Å². The number of nitrogens with zero attached hydrogens (tertiary/aromatic N) is 1. The first kappa shape index (κ1) is 19.8. The van der Waals surface area contributed by atoms with Gasteiger partial charge in [-0.1, -0.05) is 31.4 Å². The van der Waals surface area contributed by atoms with Gasteiger partial charge in [-0.05, 0) is 37.6 Å². The van der Waals surface area contributed by atoms with Gasteiger partial charge in [0.2, 0.25) is 5.91 Å². The van der Waals surface area contributed by atoms with Crippen LogP contribution in [0.25, 0.3) is 0 Å². The molecule has 5 heteroatoms. The summed E-state index contributed by atoms with van der Waals surface area (Å²) in [6, 6.07) is 8.06. The van der Waals surface area contributed by atoms with E-state index in [2.05, 4.69) is 17.4 Å². The molecule has 1 fully saturated rings. The highest BCUT2D eigenvalue weighted by Crippen LogP contribution is 2.41. The van der Waals surface area contributed by atoms with Gasteiger partial charge in [-0.2, -0.15) is 0 Å². The Hall–Kier alpha value is -1.26. The Kier molecular flexibility index (Phi) is 7.86. The zero-order chi connectivity index (χ0) is 16.0. The lowest BCUT2D eigenvalue weighted by Crippen LogP contribution is -2.48. The fourth-order valence-electron chi connectivity index (χ4n) is 3.44. The van der Waals surface area contributed by atoms with Gasteiger partial charge in [0.25, 0.3) is 0 Å². The molecule has 1 amide bonds. The van der Waals surface area contributed by atoms with Crippen LogP contribution < -0.4 is 10.1 Å². The summed E-state index contributed by atoms with van der Waals surface area (Å²) < 4.78 is 5.25. The predicted octanol–water partition coefficient (Wildman–Crippen LogP) is 3.00. The zero-order valence-corrected chi connectivity index (χ0v) is 15.2. The lowest BCUT2D eigenvalue weighted by atomic mass is 9.68. The average molecular weight is 341 g/mol. The molecule has 0 aliphatic heterocycles. The molecule has 1 aromatic rings. The summed E-state index contributed by atoms with van der Waals surface area (Å²) in [4.78, 5) is 15.0. The van der Waals surface area contributed by atoms with E-state index < -0.39 is 0 Å². The summed E-state index contributed by atoms with van der Waals surface area (Å²) in [6.45, 7) is 1.56. The summed E-state index contributed by atoms with van der Waals surface area (Å²) in [5.41, 5.74) is 0.779. The highest BCUT2D eigenvalue weighted by atomic mass is 35.5. The van der Waals surface area contributed by atoms with E-state index in [-0.39, 0.29) is 23.7 Å². The Morgan fingerprint density at radius 1 is 1.22 bits per heavy atom. The molecule has 1 N–H and O–H groups in total. The van der Waals surface area contributed by atoms with Crippen molar-refractivity contribution in [1.29, 1.82) is 0 Å². The summed E-state index contributed by atoms with van der Waals surface area (Å²) in [6.07, 6.45) is 5.37. The van der Waals surface area contributed by atoms with E-state index >= 15 is 0 Å². The number of hydrogen-bond donors (Lipinski definition) is 1. The molecule has 1 saturated carbocycles. The van der Waals surface area contributed by atoms with Crippen LogP contribution >= 0.6 is 12.4 Å². The second kappa shape index (κ2) is 9.14. The van der Waals surface area contributed by atoms with Crippen molar-refractivity contribution >= 4 is 18.3 Å². The molecule has 1 aromatic carbocycles. The number of carbonyl (C=O) groups is 1. The van der Waals surface area contributed by atoms with Crippen molar-refractivity contribution < 1.29 is 9.53 Å². The molecular formula is C18H29ClN2O2. The van der Waals surface area contributed by atoms with Crippen LogP contribution in [0.15, 0.2) is 24.3 Å². The van der Waals surface area contributed by atoms with E-state index in [0.717, 1.165) is 50.1 Å². The van der Waals surface area contributed by atoms with Crippen molar-refractivity contribution in [2.24, 2.45) is 0 Å². The van der Waals surface area contributed by atoms with Crippen molar-refractivity contribution in [3.05, 3.63) is 29.8 Å². The van der Waals surface area contributed by atoms with Gasteiger partial charge in [0.15, 0.2) is 0 Å². The SMILES string of the molecule is CNCCN(C)C(=O)C1(c2ccc(OC)cc2)CCCCC1.Cl. The van der Waals surface area contributed by atoms with Gasteiger partial charge in [0.1, 0.15) is 5.75 Å². The Morgan fingerprint density at radius 2 is 1.83 bits per heavy atom. The molecule has 130 valence electrons. The third-order valence-electron chi connectivity index (χ3n) is 4.80. The molecule has 0 heterocycles. The summed E-state index contributed by atoms with van der Waals surface area (Å²) >= 11 is 0. The number of likely N-dealkylation sites (N-methyl/N-ethyl adjacent to an activating group) is 2. The number of rotatable bonds is 6. The molecule has 4 nitrogen and oxygen atoms in total. The van der Waals surface area contributed by atoms with Crippen molar-refractivity contribution in [1.82, 2.24) is 10.2 Å². The summed E-state index contributed by atoms with van der Waals surface area (Å²) in [5, 5.41) is 3.11. The zero-order valence-electron chi connectivity index (χ0n) is 14.4. The number of halogens is 1. The molecule has 1 aliphatic carbocycles. The third kappa shape index (κ3) is 4.39. The Bertz CT molecular complexity index is 484. The lowest BCUT2D eigenvalue weighted by molar-refractivity contribution is -0.137. The number of amides is 1. The Morgan fingerprint density at radius 3 is 2.35 bits per heavy atom. The lowest BCUT2D eigenvalue weighted by Gasteiger charge is -2.39. The maximum Gasteiger partial charge on any atom is 0.233 e. The van der Waals surface area contributed by atoms with E-state index in [1.165, 1.54) is 6.42 Å². The molecule has 0 saturated heterocycles. The normalized spacial score (nSPS) is 16.3. The maximum atomic E-state index is 13.1. The smallest absolute Gasteiger partial charge is 0.233 e. The molecule has 0 bridgehead atoms. The molecule has 0 atom stereocenters. The molecule has 0 unspecified atom stereocenters. The van der Waals surface area contributed by atoms with Gasteiger partial charge in [-0.15, -0.1) is 12.4 Å². The Balaban J connectivity index is 0.00000264. The van der Waals surface area contributed by atoms with Crippen molar-refractivity contribution in [3.8, 4) is 5.75 Å². The Labute approximate surface area is 146 Å². The van der Waals surface area contributed by atoms with E-state index in [1.54, 1.807) is 7.11 Å². The topological polar surface area (TPSA) is 41.6 Å². The number of benzene rings is 1. The minimum atomic E-state index is -0.354. The van der Waals surface area contributed by atoms with E-state index in [0.29, 0.717) is 0 Å². The van der Waals surface area contributed by atoms with Crippen LogP contribution in [0.4, 0.5) is 0 Å². The average Bonchev–Trinajstić information content (AvgIpc) is 2.59. The molecule has 23 heavy (non-hydrogen) atoms. The third-order valence-corrected chi connectivity index (χ3v) is 4.80. The highest BCUT2D eigenvalue weighted by molar-refractivity contribution is 5.88. The number of ether oxygens (including phenoxy) is 1. The molecule has 2 rings (SSSR count). The fraction of sp³-hybridized carbons (Fsp3) is 0.611. The van der Waals surface area contributed by atoms with Gasteiger partial charge in [-0.3, -0.25) is 4.79 Å². The number of carbonyl (C=O) groups excluding carboxylic acids is 1. The fourth-order valence-corrected chi connectivity index (χ4v) is 3.44. The van der Waals surface area contributed by atoms with E-state index in [9.17, 15) is 4.79 Å². The quantitative estimate of drug-likeness (QED) is 0.865. The van der Waals surface area contributed by atoms with Crippen molar-refractivity contribution in [2.75, 3.05) is 34.3 Å². The number of nitrogens with one attached hydrogen (secondary N) is 1. The van der Waals surface area contributed by atoms with Crippen LogP contribution in [0.1, 0.15) is 37.7 Å². The molecule has 0 radical (unpaired) electrons. The van der Waals surface area contributed by atoms with Crippen LogP contribution in [0.2, 0.25) is 0 Å². The minimum Gasteiger partial charge on any atom is -0.497 e. The van der Waals surface area contributed by atoms with Gasteiger partial charge in [0.05, 0.1) is 12.5 Å². The summed E-state index contributed by atoms with van der Waals surface area (Å²) in [5.74, 6) is 1.10. The first-order chi connectivity index (χ1) is 10.6. The minimum absolute atomic E-state index is 0. The van der Waals surface area contributed by atoms with Gasteiger partial charge in [0, 0.05) is 20.1 Å². The van der Waals surface area contributed by atoms with Crippen LogP contribution in [-0.4, -0.2) is 45.1 Å². The molecule has 0 spiro atoms. The number of hydrogen-bond acceptors (Lipinski definition) is 3. The van der Waals surface area contributed by atoms with Crippen molar-refractivity contribution in [3.63, 3.8) is 0 Å².